The first-order valence-electron chi connectivity index (χ1n) is 3.57. The number of hydrogen-bond donors (Lipinski definition) is 1. The number of rotatable bonds is 4. The molecule has 1 N–H and O–H groups in total. The molecule has 0 saturated carbocycles. The second-order valence-electron chi connectivity index (χ2n) is 2.14. The molecular formula is C6H9F2N3S. The molecule has 12 heavy (non-hydrogen) atoms. The van der Waals surface area contributed by atoms with Gasteiger partial charge in [0, 0.05) is 18.0 Å². The number of anilines is 1. The molecule has 0 aliphatic rings. The van der Waals surface area contributed by atoms with Crippen LogP contribution in [0.2, 0.25) is 0 Å². The molecular weight excluding hydrogens is 184 g/mol. The summed E-state index contributed by atoms with van der Waals surface area (Å²) in [6, 6.07) is 0. The Bertz CT molecular complexity index is 238. The summed E-state index contributed by atoms with van der Waals surface area (Å²) in [5.74, 6) is 0.691. The summed E-state index contributed by atoms with van der Waals surface area (Å²) < 4.78 is 27.3. The van der Waals surface area contributed by atoms with Crippen molar-refractivity contribution in [3.8, 4) is 0 Å². The van der Waals surface area contributed by atoms with Crippen molar-refractivity contribution in [1.82, 2.24) is 9.36 Å². The molecule has 1 aromatic heterocycles. The van der Waals surface area contributed by atoms with Gasteiger partial charge in [-0.05, 0) is 0 Å². The molecule has 1 heterocycles. The van der Waals surface area contributed by atoms with Crippen molar-refractivity contribution in [2.24, 2.45) is 0 Å². The average molecular weight is 193 g/mol. The molecule has 68 valence electrons. The molecule has 0 aliphatic carbocycles. The van der Waals surface area contributed by atoms with Gasteiger partial charge in [-0.3, -0.25) is 0 Å². The van der Waals surface area contributed by atoms with Crippen molar-refractivity contribution in [2.75, 3.05) is 11.9 Å². The largest absolute Gasteiger partial charge is 0.355 e. The Morgan fingerprint density at radius 3 is 2.83 bits per heavy atom. The third kappa shape index (κ3) is 2.69. The summed E-state index contributed by atoms with van der Waals surface area (Å²) >= 11 is 1.11. The zero-order chi connectivity index (χ0) is 8.97. The highest BCUT2D eigenvalue weighted by Crippen LogP contribution is 2.11. The summed E-state index contributed by atoms with van der Waals surface area (Å²) in [5, 5.41) is 2.96. The average Bonchev–Trinajstić information content (AvgIpc) is 2.48. The van der Waals surface area contributed by atoms with Crippen molar-refractivity contribution in [3.05, 3.63) is 5.82 Å². The summed E-state index contributed by atoms with van der Waals surface area (Å²) in [4.78, 5) is 3.96. The van der Waals surface area contributed by atoms with Crippen molar-refractivity contribution in [2.45, 2.75) is 19.8 Å². The molecule has 0 amide bonds. The van der Waals surface area contributed by atoms with Crippen LogP contribution in [0.1, 0.15) is 12.7 Å². The van der Waals surface area contributed by atoms with Gasteiger partial charge in [0.25, 0.3) is 6.43 Å². The molecule has 6 heteroatoms. The second kappa shape index (κ2) is 4.30. The Kier molecular flexibility index (Phi) is 3.33. The van der Waals surface area contributed by atoms with Crippen molar-refractivity contribution >= 4 is 16.7 Å². The minimum Gasteiger partial charge on any atom is -0.355 e. The van der Waals surface area contributed by atoms with E-state index >= 15 is 0 Å². The zero-order valence-electron chi connectivity index (χ0n) is 6.55. The SMILES string of the molecule is CCc1nsc(NCC(F)F)n1. The van der Waals surface area contributed by atoms with E-state index in [1.54, 1.807) is 0 Å². The Morgan fingerprint density at radius 2 is 2.33 bits per heavy atom. The van der Waals surface area contributed by atoms with E-state index in [1.165, 1.54) is 0 Å². The lowest BCUT2D eigenvalue weighted by atomic mass is 10.5. The van der Waals surface area contributed by atoms with Gasteiger partial charge in [0.2, 0.25) is 5.13 Å². The third-order valence-electron chi connectivity index (χ3n) is 1.19. The van der Waals surface area contributed by atoms with E-state index in [1.807, 2.05) is 6.92 Å². The van der Waals surface area contributed by atoms with Gasteiger partial charge in [0.15, 0.2) is 0 Å². The Hall–Kier alpha value is -0.780. The standard InChI is InChI=1S/C6H9F2N3S/c1-2-5-10-6(12-11-5)9-3-4(7)8/h4H,2-3H2,1H3,(H,9,10,11). The molecule has 0 bridgehead atoms. The highest BCUT2D eigenvalue weighted by atomic mass is 32.1. The number of aryl methyl sites for hydroxylation is 1. The topological polar surface area (TPSA) is 37.8 Å². The lowest BCUT2D eigenvalue weighted by molar-refractivity contribution is 0.163. The molecule has 0 atom stereocenters. The monoisotopic (exact) mass is 193 g/mol. The fourth-order valence-corrected chi connectivity index (χ4v) is 1.29. The van der Waals surface area contributed by atoms with Crippen LogP contribution in [0.4, 0.5) is 13.9 Å². The minimum atomic E-state index is -2.35. The molecule has 0 fully saturated rings. The van der Waals surface area contributed by atoms with Crippen LogP contribution >= 0.6 is 11.5 Å². The first-order valence-corrected chi connectivity index (χ1v) is 4.34. The van der Waals surface area contributed by atoms with Crippen molar-refractivity contribution < 1.29 is 8.78 Å². The zero-order valence-corrected chi connectivity index (χ0v) is 7.37. The van der Waals surface area contributed by atoms with Crippen LogP contribution in [-0.4, -0.2) is 22.3 Å². The van der Waals surface area contributed by atoms with Crippen LogP contribution in [-0.2, 0) is 6.42 Å². The summed E-state index contributed by atoms with van der Waals surface area (Å²) in [6.07, 6.45) is -1.62. The third-order valence-corrected chi connectivity index (χ3v) is 1.90. The predicted molar refractivity (Wildman–Crippen MR) is 43.8 cm³/mol. The highest BCUT2D eigenvalue weighted by molar-refractivity contribution is 7.09. The molecule has 0 saturated heterocycles. The summed E-state index contributed by atoms with van der Waals surface area (Å²) in [5.41, 5.74) is 0. The van der Waals surface area contributed by atoms with Gasteiger partial charge in [0.1, 0.15) is 5.82 Å². The highest BCUT2D eigenvalue weighted by Gasteiger charge is 2.05. The molecule has 0 spiro atoms. The van der Waals surface area contributed by atoms with Crippen LogP contribution < -0.4 is 5.32 Å². The van der Waals surface area contributed by atoms with Crippen LogP contribution in [0.15, 0.2) is 0 Å². The maximum atomic E-state index is 11.7. The minimum absolute atomic E-state index is 0.363. The maximum absolute atomic E-state index is 11.7. The van der Waals surface area contributed by atoms with Gasteiger partial charge >= 0.3 is 0 Å². The molecule has 0 radical (unpaired) electrons. The number of nitrogens with one attached hydrogen (secondary N) is 1. The Morgan fingerprint density at radius 1 is 1.58 bits per heavy atom. The number of aromatic nitrogens is 2. The Labute approximate surface area is 73.0 Å². The van der Waals surface area contributed by atoms with E-state index < -0.39 is 6.43 Å². The summed E-state index contributed by atoms with van der Waals surface area (Å²) in [6.45, 7) is 1.55. The van der Waals surface area contributed by atoms with E-state index in [0.717, 1.165) is 18.0 Å². The van der Waals surface area contributed by atoms with Gasteiger partial charge in [-0.2, -0.15) is 4.37 Å². The van der Waals surface area contributed by atoms with E-state index in [9.17, 15) is 8.78 Å². The smallest absolute Gasteiger partial charge is 0.255 e. The molecule has 1 rings (SSSR count). The quantitative estimate of drug-likeness (QED) is 0.792. The number of hydrogen-bond acceptors (Lipinski definition) is 4. The molecule has 3 nitrogen and oxygen atoms in total. The van der Waals surface area contributed by atoms with E-state index in [4.69, 9.17) is 0 Å². The van der Waals surface area contributed by atoms with Crippen molar-refractivity contribution in [1.29, 1.82) is 0 Å². The predicted octanol–water partition coefficient (Wildman–Crippen LogP) is 1.78. The van der Waals surface area contributed by atoms with Gasteiger partial charge in [-0.25, -0.2) is 13.8 Å². The fourth-order valence-electron chi connectivity index (χ4n) is 0.634. The van der Waals surface area contributed by atoms with Crippen LogP contribution in [0, 0.1) is 0 Å². The normalized spacial score (nSPS) is 10.7. The van der Waals surface area contributed by atoms with E-state index in [2.05, 4.69) is 14.7 Å². The Balaban J connectivity index is 2.41. The van der Waals surface area contributed by atoms with Crippen LogP contribution in [0.5, 0.6) is 0 Å². The lowest BCUT2D eigenvalue weighted by Gasteiger charge is -1.98. The maximum Gasteiger partial charge on any atom is 0.255 e. The fraction of sp³-hybridized carbons (Fsp3) is 0.667. The second-order valence-corrected chi connectivity index (χ2v) is 2.89. The molecule has 0 aliphatic heterocycles. The van der Waals surface area contributed by atoms with Crippen molar-refractivity contribution in [3.63, 3.8) is 0 Å². The molecule has 1 aromatic rings. The van der Waals surface area contributed by atoms with Gasteiger partial charge in [0.05, 0.1) is 6.54 Å². The number of alkyl halides is 2. The summed E-state index contributed by atoms with van der Waals surface area (Å²) in [7, 11) is 0. The van der Waals surface area contributed by atoms with E-state index in [0.29, 0.717) is 11.0 Å². The van der Waals surface area contributed by atoms with E-state index in [-0.39, 0.29) is 6.54 Å². The molecule has 0 aromatic carbocycles. The number of halogens is 2. The van der Waals surface area contributed by atoms with Gasteiger partial charge in [-0.1, -0.05) is 6.92 Å². The van der Waals surface area contributed by atoms with Gasteiger partial charge in [-0.15, -0.1) is 0 Å². The number of nitrogens with zero attached hydrogens (tertiary/aromatic N) is 2. The first kappa shape index (κ1) is 9.31. The molecule has 0 unspecified atom stereocenters. The van der Waals surface area contributed by atoms with Gasteiger partial charge < -0.3 is 5.32 Å². The van der Waals surface area contributed by atoms with Crippen LogP contribution in [0.3, 0.4) is 0 Å². The van der Waals surface area contributed by atoms with Crippen LogP contribution in [0.25, 0.3) is 0 Å². The first-order chi connectivity index (χ1) is 5.72. The lowest BCUT2D eigenvalue weighted by Crippen LogP contribution is -2.09.